The molecular weight excluding hydrogens is 310 g/mol. The van der Waals surface area contributed by atoms with Crippen LogP contribution in [0.25, 0.3) is 0 Å². The highest BCUT2D eigenvalue weighted by atomic mass is 79.9. The largest absolute Gasteiger partial charge is 0.294 e. The predicted molar refractivity (Wildman–Crippen MR) is 66.7 cm³/mol. The van der Waals surface area contributed by atoms with Gasteiger partial charge in [0.2, 0.25) is 0 Å². The van der Waals surface area contributed by atoms with Crippen molar-refractivity contribution in [1.29, 1.82) is 0 Å². The maximum Gasteiger partial charge on any atom is 0.267 e. The van der Waals surface area contributed by atoms with Gasteiger partial charge >= 0.3 is 0 Å². The normalized spacial score (nSPS) is 10.5. The molecule has 3 nitrogen and oxygen atoms in total. The molecule has 0 unspecified atom stereocenters. The molecule has 2 rings (SSSR count). The van der Waals surface area contributed by atoms with Gasteiger partial charge in [0.15, 0.2) is 0 Å². The monoisotopic (exact) mass is 316 g/mol. The van der Waals surface area contributed by atoms with Gasteiger partial charge in [0.1, 0.15) is 10.3 Å². The smallest absolute Gasteiger partial charge is 0.267 e. The Bertz CT molecular complexity index is 615. The van der Waals surface area contributed by atoms with Crippen molar-refractivity contribution in [2.75, 3.05) is 0 Å². The summed E-state index contributed by atoms with van der Waals surface area (Å²) >= 11 is 8.67. The van der Waals surface area contributed by atoms with Crippen molar-refractivity contribution in [3.05, 3.63) is 62.0 Å². The molecule has 0 amide bonds. The van der Waals surface area contributed by atoms with E-state index in [-0.39, 0.29) is 17.1 Å². The van der Waals surface area contributed by atoms with Gasteiger partial charge in [-0.25, -0.2) is 9.37 Å². The average molecular weight is 318 g/mol. The van der Waals surface area contributed by atoms with Gasteiger partial charge in [-0.15, -0.1) is 0 Å². The van der Waals surface area contributed by atoms with Crippen molar-refractivity contribution in [1.82, 2.24) is 9.55 Å². The van der Waals surface area contributed by atoms with E-state index in [0.29, 0.717) is 10.0 Å². The molecule has 0 saturated heterocycles. The molecule has 0 aliphatic carbocycles. The third-order valence-corrected chi connectivity index (χ3v) is 3.05. The van der Waals surface area contributed by atoms with Crippen LogP contribution >= 0.6 is 27.5 Å². The van der Waals surface area contributed by atoms with Gasteiger partial charge in [0.25, 0.3) is 5.56 Å². The van der Waals surface area contributed by atoms with Crippen molar-refractivity contribution >= 4 is 27.5 Å². The first-order chi connectivity index (χ1) is 8.08. The van der Waals surface area contributed by atoms with E-state index >= 15 is 0 Å². The van der Waals surface area contributed by atoms with Gasteiger partial charge in [-0.2, -0.15) is 0 Å². The second-order valence-corrected chi connectivity index (χ2v) is 4.68. The molecule has 0 fully saturated rings. The molecule has 0 spiro atoms. The molecule has 0 bridgehead atoms. The molecule has 0 N–H and O–H groups in total. The standard InChI is InChI=1S/C11H7BrClFN2O/c12-8-4-15-6-16(11(8)17)5-7-1-2-9(13)10(14)3-7/h1-4,6H,5H2. The number of benzene rings is 1. The van der Waals surface area contributed by atoms with Gasteiger partial charge in [0, 0.05) is 6.20 Å². The molecule has 0 atom stereocenters. The molecule has 17 heavy (non-hydrogen) atoms. The quantitative estimate of drug-likeness (QED) is 0.853. The number of hydrogen-bond acceptors (Lipinski definition) is 2. The van der Waals surface area contributed by atoms with E-state index in [4.69, 9.17) is 11.6 Å². The minimum atomic E-state index is -0.500. The molecule has 1 heterocycles. The predicted octanol–water partition coefficient (Wildman–Crippen LogP) is 2.85. The minimum Gasteiger partial charge on any atom is -0.294 e. The number of nitrogens with zero attached hydrogens (tertiary/aromatic N) is 2. The lowest BCUT2D eigenvalue weighted by Crippen LogP contribution is -2.21. The Morgan fingerprint density at radius 3 is 2.94 bits per heavy atom. The molecular formula is C11H7BrClFN2O. The average Bonchev–Trinajstić information content (AvgIpc) is 2.30. The van der Waals surface area contributed by atoms with Crippen LogP contribution in [0.2, 0.25) is 5.02 Å². The molecule has 0 aliphatic heterocycles. The van der Waals surface area contributed by atoms with E-state index in [0.717, 1.165) is 0 Å². The first kappa shape index (κ1) is 12.3. The molecule has 88 valence electrons. The Hall–Kier alpha value is -1.20. The minimum absolute atomic E-state index is 0.0634. The van der Waals surface area contributed by atoms with Gasteiger partial charge in [-0.1, -0.05) is 17.7 Å². The van der Waals surface area contributed by atoms with E-state index in [1.165, 1.54) is 29.2 Å². The topological polar surface area (TPSA) is 34.9 Å². The summed E-state index contributed by atoms with van der Waals surface area (Å²) in [5.74, 6) is -0.500. The molecule has 0 saturated carbocycles. The van der Waals surface area contributed by atoms with Crippen LogP contribution in [0.15, 0.2) is 40.0 Å². The highest BCUT2D eigenvalue weighted by molar-refractivity contribution is 9.10. The summed E-state index contributed by atoms with van der Waals surface area (Å²) in [6, 6.07) is 4.43. The Morgan fingerprint density at radius 1 is 1.47 bits per heavy atom. The summed E-state index contributed by atoms with van der Waals surface area (Å²) < 4.78 is 15.0. The summed E-state index contributed by atoms with van der Waals surface area (Å²) in [4.78, 5) is 15.6. The maximum absolute atomic E-state index is 13.2. The number of halogens is 3. The van der Waals surface area contributed by atoms with Gasteiger partial charge in [-0.05, 0) is 33.6 Å². The summed E-state index contributed by atoms with van der Waals surface area (Å²) in [7, 11) is 0. The fourth-order valence-electron chi connectivity index (χ4n) is 1.37. The second kappa shape index (κ2) is 4.98. The summed E-state index contributed by atoms with van der Waals surface area (Å²) in [5.41, 5.74) is 0.434. The first-order valence-electron chi connectivity index (χ1n) is 4.72. The molecule has 1 aromatic heterocycles. The summed E-state index contributed by atoms with van der Waals surface area (Å²) in [5, 5.41) is 0.0634. The molecule has 1 aromatic carbocycles. The first-order valence-corrected chi connectivity index (χ1v) is 5.89. The van der Waals surface area contributed by atoms with Crippen LogP contribution in [-0.2, 0) is 6.54 Å². The Kier molecular flexibility index (Phi) is 3.59. The highest BCUT2D eigenvalue weighted by Crippen LogP contribution is 2.16. The van der Waals surface area contributed by atoms with Gasteiger partial charge in [0.05, 0.1) is 17.9 Å². The maximum atomic E-state index is 13.2. The zero-order valence-electron chi connectivity index (χ0n) is 8.53. The second-order valence-electron chi connectivity index (χ2n) is 3.42. The fraction of sp³-hybridized carbons (Fsp3) is 0.0909. The third-order valence-electron chi connectivity index (χ3n) is 2.20. The lowest BCUT2D eigenvalue weighted by atomic mass is 10.2. The van der Waals surface area contributed by atoms with Crippen LogP contribution in [0.4, 0.5) is 4.39 Å². The van der Waals surface area contributed by atoms with Crippen LogP contribution < -0.4 is 5.56 Å². The van der Waals surface area contributed by atoms with E-state index in [1.807, 2.05) is 0 Å². The zero-order chi connectivity index (χ0) is 12.4. The fourth-order valence-corrected chi connectivity index (χ4v) is 1.83. The van der Waals surface area contributed by atoms with Gasteiger partial charge < -0.3 is 0 Å². The summed E-state index contributed by atoms with van der Waals surface area (Å²) in [6.07, 6.45) is 2.82. The van der Waals surface area contributed by atoms with Gasteiger partial charge in [-0.3, -0.25) is 9.36 Å². The van der Waals surface area contributed by atoms with E-state index in [9.17, 15) is 9.18 Å². The van der Waals surface area contributed by atoms with Crippen LogP contribution in [0.1, 0.15) is 5.56 Å². The third kappa shape index (κ3) is 2.73. The van der Waals surface area contributed by atoms with E-state index < -0.39 is 5.82 Å². The molecule has 2 aromatic rings. The van der Waals surface area contributed by atoms with Crippen LogP contribution in [0.3, 0.4) is 0 Å². The van der Waals surface area contributed by atoms with E-state index in [1.54, 1.807) is 6.07 Å². The van der Waals surface area contributed by atoms with Crippen molar-refractivity contribution in [2.45, 2.75) is 6.54 Å². The number of rotatable bonds is 2. The van der Waals surface area contributed by atoms with E-state index in [2.05, 4.69) is 20.9 Å². The highest BCUT2D eigenvalue weighted by Gasteiger charge is 2.04. The molecule has 6 heteroatoms. The molecule has 0 aliphatic rings. The number of hydrogen-bond donors (Lipinski definition) is 0. The van der Waals surface area contributed by atoms with Crippen LogP contribution in [-0.4, -0.2) is 9.55 Å². The van der Waals surface area contributed by atoms with Crippen molar-refractivity contribution < 1.29 is 4.39 Å². The SMILES string of the molecule is O=c1c(Br)cncn1Cc1ccc(Cl)c(F)c1. The van der Waals surface area contributed by atoms with Crippen LogP contribution in [0, 0.1) is 5.82 Å². The number of aromatic nitrogens is 2. The Balaban J connectivity index is 2.35. The summed E-state index contributed by atoms with van der Waals surface area (Å²) in [6.45, 7) is 0.249. The lowest BCUT2D eigenvalue weighted by molar-refractivity contribution is 0.622. The Morgan fingerprint density at radius 2 is 2.24 bits per heavy atom. The molecule has 0 radical (unpaired) electrons. The lowest BCUT2D eigenvalue weighted by Gasteiger charge is -2.06. The Labute approximate surface area is 110 Å². The van der Waals surface area contributed by atoms with Crippen LogP contribution in [0.5, 0.6) is 0 Å². The zero-order valence-corrected chi connectivity index (χ0v) is 10.9. The van der Waals surface area contributed by atoms with Crippen molar-refractivity contribution in [2.24, 2.45) is 0 Å². The van der Waals surface area contributed by atoms with Crippen molar-refractivity contribution in [3.8, 4) is 0 Å². The van der Waals surface area contributed by atoms with Crippen molar-refractivity contribution in [3.63, 3.8) is 0 Å².